The van der Waals surface area contributed by atoms with E-state index in [0.29, 0.717) is 5.92 Å². The number of anilines is 1. The molecule has 0 aliphatic heterocycles. The van der Waals surface area contributed by atoms with Crippen LogP contribution in [0.3, 0.4) is 0 Å². The minimum atomic E-state index is 0.712. The molecule has 0 amide bonds. The van der Waals surface area contributed by atoms with Crippen LogP contribution in [0.15, 0.2) is 59.5 Å². The summed E-state index contributed by atoms with van der Waals surface area (Å²) in [5.74, 6) is 1.87. The Morgan fingerprint density at radius 3 is 2.40 bits per heavy atom. The molecule has 0 unspecified atom stereocenters. The lowest BCUT2D eigenvalue weighted by molar-refractivity contribution is 0.748. The summed E-state index contributed by atoms with van der Waals surface area (Å²) < 4.78 is 0. The van der Waals surface area contributed by atoms with E-state index in [0.717, 1.165) is 18.0 Å². The average molecular weight is 286 g/mol. The summed E-state index contributed by atoms with van der Waals surface area (Å²) in [7, 11) is 0. The van der Waals surface area contributed by atoms with Crippen LogP contribution in [0, 0.1) is 5.92 Å². The van der Waals surface area contributed by atoms with Gasteiger partial charge in [0.05, 0.1) is 0 Å². The van der Waals surface area contributed by atoms with Crippen molar-refractivity contribution < 1.29 is 0 Å². The molecule has 2 rings (SSSR count). The Bertz CT molecular complexity index is 511. The molecule has 2 nitrogen and oxygen atoms in total. The van der Waals surface area contributed by atoms with Crippen LogP contribution in [0.2, 0.25) is 0 Å². The Hall–Kier alpha value is -1.45. The van der Waals surface area contributed by atoms with E-state index in [1.54, 1.807) is 0 Å². The van der Waals surface area contributed by atoms with Gasteiger partial charge in [-0.1, -0.05) is 50.2 Å². The molecule has 0 saturated carbocycles. The van der Waals surface area contributed by atoms with Crippen LogP contribution in [0.4, 0.5) is 5.69 Å². The summed E-state index contributed by atoms with van der Waals surface area (Å²) >= 11 is 1.93. The van der Waals surface area contributed by atoms with Crippen molar-refractivity contribution in [1.82, 2.24) is 5.43 Å². The number of hydrogen-bond acceptors (Lipinski definition) is 3. The third-order valence-electron chi connectivity index (χ3n) is 2.83. The van der Waals surface area contributed by atoms with Gasteiger partial charge in [0.1, 0.15) is 0 Å². The Labute approximate surface area is 126 Å². The largest absolute Gasteiger partial charge is 0.321 e. The van der Waals surface area contributed by atoms with Gasteiger partial charge in [-0.05, 0) is 29.7 Å². The molecule has 0 fully saturated rings. The zero-order chi connectivity index (χ0) is 14.2. The van der Waals surface area contributed by atoms with Crippen LogP contribution in [0.1, 0.15) is 19.4 Å². The highest BCUT2D eigenvalue weighted by Crippen LogP contribution is 2.24. The third-order valence-corrected chi connectivity index (χ3v) is 4.37. The number of benzene rings is 2. The second-order valence-corrected chi connectivity index (χ2v) is 6.22. The molecule has 2 N–H and O–H groups in total. The molecule has 0 spiro atoms. The molecule has 2 aromatic carbocycles. The molecular formula is C17H22N2S. The maximum absolute atomic E-state index is 3.28. The van der Waals surface area contributed by atoms with Crippen LogP contribution in [0.25, 0.3) is 0 Å². The highest BCUT2D eigenvalue weighted by molar-refractivity contribution is 7.99. The van der Waals surface area contributed by atoms with E-state index in [1.807, 2.05) is 42.1 Å². The van der Waals surface area contributed by atoms with Crippen molar-refractivity contribution in [1.29, 1.82) is 0 Å². The number of rotatable bonds is 7. The molecule has 0 aliphatic rings. The molecular weight excluding hydrogens is 264 g/mol. The molecule has 0 saturated heterocycles. The van der Waals surface area contributed by atoms with Crippen molar-refractivity contribution in [3.8, 4) is 0 Å². The fourth-order valence-electron chi connectivity index (χ4n) is 1.81. The van der Waals surface area contributed by atoms with Crippen LogP contribution in [-0.2, 0) is 6.54 Å². The maximum atomic E-state index is 3.28. The SMILES string of the molecule is CC(C)CSc1ccccc1CNNc1ccccc1. The predicted octanol–water partition coefficient (Wildman–Crippen LogP) is 4.55. The van der Waals surface area contributed by atoms with E-state index in [2.05, 4.69) is 49.0 Å². The summed E-state index contributed by atoms with van der Waals surface area (Å²) in [6.07, 6.45) is 0. The number of para-hydroxylation sites is 1. The van der Waals surface area contributed by atoms with Gasteiger partial charge in [-0.3, -0.25) is 0 Å². The lowest BCUT2D eigenvalue weighted by atomic mass is 10.2. The van der Waals surface area contributed by atoms with Crippen molar-refractivity contribution in [2.24, 2.45) is 5.92 Å². The van der Waals surface area contributed by atoms with Crippen molar-refractivity contribution >= 4 is 17.4 Å². The zero-order valence-electron chi connectivity index (χ0n) is 12.1. The van der Waals surface area contributed by atoms with Crippen LogP contribution in [0.5, 0.6) is 0 Å². The highest BCUT2D eigenvalue weighted by atomic mass is 32.2. The van der Waals surface area contributed by atoms with E-state index in [-0.39, 0.29) is 0 Å². The Morgan fingerprint density at radius 2 is 1.65 bits per heavy atom. The van der Waals surface area contributed by atoms with Crippen molar-refractivity contribution in [2.75, 3.05) is 11.2 Å². The lowest BCUT2D eigenvalue weighted by Gasteiger charge is -2.12. The van der Waals surface area contributed by atoms with Crippen molar-refractivity contribution in [2.45, 2.75) is 25.3 Å². The molecule has 2 aromatic rings. The minimum Gasteiger partial charge on any atom is -0.321 e. The fraction of sp³-hybridized carbons (Fsp3) is 0.294. The molecule has 0 bridgehead atoms. The first kappa shape index (κ1) is 14.9. The lowest BCUT2D eigenvalue weighted by Crippen LogP contribution is -2.21. The van der Waals surface area contributed by atoms with E-state index < -0.39 is 0 Å². The maximum Gasteiger partial charge on any atom is 0.0487 e. The number of thioether (sulfide) groups is 1. The summed E-state index contributed by atoms with van der Waals surface area (Å²) in [5.41, 5.74) is 8.93. The Kier molecular flexibility index (Phi) is 5.96. The van der Waals surface area contributed by atoms with Gasteiger partial charge in [0, 0.05) is 22.9 Å². The zero-order valence-corrected chi connectivity index (χ0v) is 12.9. The van der Waals surface area contributed by atoms with Gasteiger partial charge in [-0.2, -0.15) is 0 Å². The molecule has 0 heterocycles. The van der Waals surface area contributed by atoms with Crippen LogP contribution >= 0.6 is 11.8 Å². The molecule has 0 radical (unpaired) electrons. The first-order valence-corrected chi connectivity index (χ1v) is 7.99. The topological polar surface area (TPSA) is 24.1 Å². The standard InChI is InChI=1S/C17H22N2S/c1-14(2)13-20-17-11-7-6-8-15(17)12-18-19-16-9-4-3-5-10-16/h3-11,14,18-19H,12-13H2,1-2H3. The molecule has 0 aliphatic carbocycles. The molecule has 3 heteroatoms. The summed E-state index contributed by atoms with van der Waals surface area (Å²) in [6.45, 7) is 5.33. The number of hydrazine groups is 1. The normalized spacial score (nSPS) is 10.8. The minimum absolute atomic E-state index is 0.712. The summed E-state index contributed by atoms with van der Waals surface area (Å²) in [6, 6.07) is 18.7. The van der Waals surface area contributed by atoms with Crippen LogP contribution in [-0.4, -0.2) is 5.75 Å². The molecule has 106 valence electrons. The van der Waals surface area contributed by atoms with Gasteiger partial charge in [0.25, 0.3) is 0 Å². The van der Waals surface area contributed by atoms with Crippen LogP contribution < -0.4 is 10.9 Å². The number of hydrogen-bond donors (Lipinski definition) is 2. The van der Waals surface area contributed by atoms with Gasteiger partial charge >= 0.3 is 0 Å². The van der Waals surface area contributed by atoms with E-state index in [1.165, 1.54) is 10.5 Å². The second-order valence-electron chi connectivity index (χ2n) is 5.16. The second kappa shape index (κ2) is 7.98. The fourth-order valence-corrected chi connectivity index (χ4v) is 2.82. The smallest absolute Gasteiger partial charge is 0.0487 e. The van der Waals surface area contributed by atoms with Gasteiger partial charge in [-0.25, -0.2) is 5.43 Å². The van der Waals surface area contributed by atoms with E-state index in [9.17, 15) is 0 Å². The van der Waals surface area contributed by atoms with E-state index in [4.69, 9.17) is 0 Å². The Morgan fingerprint density at radius 1 is 0.950 bits per heavy atom. The average Bonchev–Trinajstić information content (AvgIpc) is 2.47. The number of nitrogens with one attached hydrogen (secondary N) is 2. The van der Waals surface area contributed by atoms with Gasteiger partial charge in [0.2, 0.25) is 0 Å². The van der Waals surface area contributed by atoms with Gasteiger partial charge in [0.15, 0.2) is 0 Å². The quantitative estimate of drug-likeness (QED) is 0.577. The molecule has 20 heavy (non-hydrogen) atoms. The summed E-state index contributed by atoms with van der Waals surface area (Å²) in [5, 5.41) is 0. The monoisotopic (exact) mass is 286 g/mol. The third kappa shape index (κ3) is 4.91. The summed E-state index contributed by atoms with van der Waals surface area (Å²) in [4.78, 5) is 1.36. The van der Waals surface area contributed by atoms with E-state index >= 15 is 0 Å². The van der Waals surface area contributed by atoms with Gasteiger partial charge < -0.3 is 5.43 Å². The van der Waals surface area contributed by atoms with Crippen molar-refractivity contribution in [3.05, 3.63) is 60.2 Å². The molecule has 0 aromatic heterocycles. The predicted molar refractivity (Wildman–Crippen MR) is 88.9 cm³/mol. The first-order valence-electron chi connectivity index (χ1n) is 7.00. The van der Waals surface area contributed by atoms with Gasteiger partial charge in [-0.15, -0.1) is 11.8 Å². The Balaban J connectivity index is 1.89. The first-order chi connectivity index (χ1) is 9.75. The molecule has 0 atom stereocenters. The highest BCUT2D eigenvalue weighted by Gasteiger charge is 2.03. The van der Waals surface area contributed by atoms with Crippen molar-refractivity contribution in [3.63, 3.8) is 0 Å².